The van der Waals surface area contributed by atoms with E-state index in [2.05, 4.69) is 16.9 Å². The second-order valence-corrected chi connectivity index (χ2v) is 5.03. The lowest BCUT2D eigenvalue weighted by Gasteiger charge is -2.31. The molecular weight excluding hydrogens is 168 g/mol. The van der Waals surface area contributed by atoms with Gasteiger partial charge >= 0.3 is 0 Å². The number of nitrogens with one attached hydrogen (secondary N) is 2. The van der Waals surface area contributed by atoms with Crippen LogP contribution in [0.25, 0.3) is 0 Å². The molecule has 0 aromatic heterocycles. The maximum absolute atomic E-state index is 3.70. The Labute approximate surface area is 78.9 Å². The Morgan fingerprint density at radius 2 is 2.08 bits per heavy atom. The van der Waals surface area contributed by atoms with Crippen molar-refractivity contribution in [1.82, 2.24) is 10.6 Å². The molecule has 1 aliphatic carbocycles. The fourth-order valence-electron chi connectivity index (χ4n) is 2.05. The molecule has 1 saturated heterocycles. The zero-order valence-corrected chi connectivity index (χ0v) is 8.49. The van der Waals surface area contributed by atoms with Crippen LogP contribution in [0.5, 0.6) is 0 Å². The first-order chi connectivity index (χ1) is 5.88. The van der Waals surface area contributed by atoms with Crippen molar-refractivity contribution in [1.29, 1.82) is 0 Å². The summed E-state index contributed by atoms with van der Waals surface area (Å²) in [4.78, 5) is 0. The molecular formula is C9H18N2S. The lowest BCUT2D eigenvalue weighted by molar-refractivity contribution is 0.328. The third-order valence-corrected chi connectivity index (χ3v) is 4.07. The van der Waals surface area contributed by atoms with Crippen LogP contribution in [0.15, 0.2) is 0 Å². The van der Waals surface area contributed by atoms with Crippen molar-refractivity contribution in [2.24, 2.45) is 0 Å². The zero-order valence-electron chi connectivity index (χ0n) is 7.68. The Morgan fingerprint density at radius 1 is 1.25 bits per heavy atom. The third-order valence-electron chi connectivity index (χ3n) is 2.97. The van der Waals surface area contributed by atoms with Gasteiger partial charge in [0.15, 0.2) is 0 Å². The molecule has 0 spiro atoms. The van der Waals surface area contributed by atoms with Gasteiger partial charge in [0.1, 0.15) is 0 Å². The van der Waals surface area contributed by atoms with Crippen LogP contribution in [0.4, 0.5) is 0 Å². The van der Waals surface area contributed by atoms with Crippen molar-refractivity contribution in [3.05, 3.63) is 0 Å². The average Bonchev–Trinajstić information content (AvgIpc) is 2.44. The minimum atomic E-state index is 0.774. The molecule has 1 aliphatic heterocycles. The summed E-state index contributed by atoms with van der Waals surface area (Å²) in [7, 11) is 0. The van der Waals surface area contributed by atoms with Gasteiger partial charge in [0.2, 0.25) is 0 Å². The predicted molar refractivity (Wildman–Crippen MR) is 54.7 cm³/mol. The standard InChI is InChI=1S/C9H18N2S/c1-12-9-3-2-7(4-9)11-8-5-10-6-8/h7-11H,2-6H2,1H3. The van der Waals surface area contributed by atoms with Crippen molar-refractivity contribution in [3.63, 3.8) is 0 Å². The highest BCUT2D eigenvalue weighted by Crippen LogP contribution is 2.28. The Hall–Kier alpha value is 0.270. The van der Waals surface area contributed by atoms with E-state index >= 15 is 0 Å². The summed E-state index contributed by atoms with van der Waals surface area (Å²) in [6, 6.07) is 1.59. The van der Waals surface area contributed by atoms with Crippen molar-refractivity contribution in [2.75, 3.05) is 19.3 Å². The Morgan fingerprint density at radius 3 is 2.58 bits per heavy atom. The largest absolute Gasteiger partial charge is 0.314 e. The van der Waals surface area contributed by atoms with E-state index in [1.54, 1.807) is 0 Å². The number of hydrogen-bond acceptors (Lipinski definition) is 3. The summed E-state index contributed by atoms with van der Waals surface area (Å²) in [5.41, 5.74) is 0. The van der Waals surface area contributed by atoms with Crippen LogP contribution in [0, 0.1) is 0 Å². The molecule has 2 unspecified atom stereocenters. The van der Waals surface area contributed by atoms with E-state index in [-0.39, 0.29) is 0 Å². The summed E-state index contributed by atoms with van der Waals surface area (Å²) >= 11 is 2.03. The molecule has 1 heterocycles. The highest BCUT2D eigenvalue weighted by molar-refractivity contribution is 7.99. The molecule has 0 amide bonds. The SMILES string of the molecule is CSC1CCC(NC2CNC2)C1. The predicted octanol–water partition coefficient (Wildman–Crippen LogP) is 0.832. The molecule has 3 heteroatoms. The van der Waals surface area contributed by atoms with Crippen LogP contribution >= 0.6 is 11.8 Å². The molecule has 2 rings (SSSR count). The normalized spacial score (nSPS) is 36.8. The lowest BCUT2D eigenvalue weighted by Crippen LogP contribution is -2.57. The van der Waals surface area contributed by atoms with Gasteiger partial charge in [0.25, 0.3) is 0 Å². The quantitative estimate of drug-likeness (QED) is 0.683. The van der Waals surface area contributed by atoms with E-state index in [9.17, 15) is 0 Å². The van der Waals surface area contributed by atoms with E-state index in [1.165, 1.54) is 32.4 Å². The molecule has 0 bridgehead atoms. The first kappa shape index (κ1) is 8.85. The van der Waals surface area contributed by atoms with Gasteiger partial charge in [-0.2, -0.15) is 11.8 Å². The number of thioether (sulfide) groups is 1. The highest BCUT2D eigenvalue weighted by Gasteiger charge is 2.27. The van der Waals surface area contributed by atoms with Crippen LogP contribution in [0.2, 0.25) is 0 Å². The van der Waals surface area contributed by atoms with Crippen molar-refractivity contribution in [3.8, 4) is 0 Å². The van der Waals surface area contributed by atoms with Crippen molar-refractivity contribution < 1.29 is 0 Å². The molecule has 2 aliphatic rings. The van der Waals surface area contributed by atoms with Gasteiger partial charge in [0.05, 0.1) is 0 Å². The molecule has 2 atom stereocenters. The van der Waals surface area contributed by atoms with Gasteiger partial charge in [-0.1, -0.05) is 0 Å². The van der Waals surface area contributed by atoms with Crippen LogP contribution in [-0.4, -0.2) is 36.7 Å². The van der Waals surface area contributed by atoms with Gasteiger partial charge in [-0.05, 0) is 25.5 Å². The summed E-state index contributed by atoms with van der Waals surface area (Å²) < 4.78 is 0. The number of hydrogen-bond donors (Lipinski definition) is 2. The van der Waals surface area contributed by atoms with Crippen molar-refractivity contribution >= 4 is 11.8 Å². The fraction of sp³-hybridized carbons (Fsp3) is 1.00. The van der Waals surface area contributed by atoms with E-state index in [0.717, 1.165) is 17.3 Å². The summed E-state index contributed by atoms with van der Waals surface area (Å²) in [6.07, 6.45) is 6.43. The molecule has 2 nitrogen and oxygen atoms in total. The number of rotatable bonds is 3. The van der Waals surface area contributed by atoms with Gasteiger partial charge in [0, 0.05) is 30.4 Å². The van der Waals surface area contributed by atoms with Crippen LogP contribution < -0.4 is 10.6 Å². The third kappa shape index (κ3) is 1.95. The van der Waals surface area contributed by atoms with E-state index in [4.69, 9.17) is 0 Å². The Bertz CT molecular complexity index is 147. The average molecular weight is 186 g/mol. The van der Waals surface area contributed by atoms with Crippen molar-refractivity contribution in [2.45, 2.75) is 36.6 Å². The molecule has 0 aromatic rings. The van der Waals surface area contributed by atoms with Gasteiger partial charge < -0.3 is 10.6 Å². The van der Waals surface area contributed by atoms with E-state index < -0.39 is 0 Å². The Balaban J connectivity index is 1.68. The zero-order chi connectivity index (χ0) is 8.39. The van der Waals surface area contributed by atoms with Gasteiger partial charge in [-0.15, -0.1) is 0 Å². The highest BCUT2D eigenvalue weighted by atomic mass is 32.2. The maximum Gasteiger partial charge on any atom is 0.0319 e. The smallest absolute Gasteiger partial charge is 0.0319 e. The fourth-order valence-corrected chi connectivity index (χ4v) is 2.84. The topological polar surface area (TPSA) is 24.1 Å². The lowest BCUT2D eigenvalue weighted by atomic mass is 10.1. The first-order valence-corrected chi connectivity index (χ1v) is 6.17. The minimum Gasteiger partial charge on any atom is -0.314 e. The molecule has 1 saturated carbocycles. The second kappa shape index (κ2) is 3.99. The summed E-state index contributed by atoms with van der Waals surface area (Å²) in [5.74, 6) is 0. The first-order valence-electron chi connectivity index (χ1n) is 4.88. The molecule has 70 valence electrons. The summed E-state index contributed by atoms with van der Waals surface area (Å²) in [6.45, 7) is 2.36. The maximum atomic E-state index is 3.70. The van der Waals surface area contributed by atoms with E-state index in [1.807, 2.05) is 11.8 Å². The van der Waals surface area contributed by atoms with Crippen LogP contribution in [0.1, 0.15) is 19.3 Å². The van der Waals surface area contributed by atoms with Crippen LogP contribution in [-0.2, 0) is 0 Å². The monoisotopic (exact) mass is 186 g/mol. The van der Waals surface area contributed by atoms with Gasteiger partial charge in [-0.3, -0.25) is 0 Å². The summed E-state index contributed by atoms with van der Waals surface area (Å²) in [5, 5.41) is 7.92. The minimum absolute atomic E-state index is 0.774. The second-order valence-electron chi connectivity index (χ2n) is 3.89. The molecule has 2 fully saturated rings. The Kier molecular flexibility index (Phi) is 2.94. The molecule has 0 radical (unpaired) electrons. The van der Waals surface area contributed by atoms with E-state index in [0.29, 0.717) is 0 Å². The van der Waals surface area contributed by atoms with Gasteiger partial charge in [-0.25, -0.2) is 0 Å². The molecule has 0 aromatic carbocycles. The molecule has 12 heavy (non-hydrogen) atoms. The van der Waals surface area contributed by atoms with Crippen LogP contribution in [0.3, 0.4) is 0 Å². The molecule has 2 N–H and O–H groups in total.